The van der Waals surface area contributed by atoms with Gasteiger partial charge in [-0.2, -0.15) is 0 Å². The van der Waals surface area contributed by atoms with Gasteiger partial charge in [0.2, 0.25) is 11.8 Å². The standard InChI is InChI=1S/C9H13NO3/c1-9(2,6-11)5-10-7(12)3-4-8(10)13/h6H,3-5H2,1-2H3. The van der Waals surface area contributed by atoms with Crippen LogP contribution >= 0.6 is 0 Å². The quantitative estimate of drug-likeness (QED) is 0.469. The van der Waals surface area contributed by atoms with E-state index >= 15 is 0 Å². The molecule has 0 N–H and O–H groups in total. The minimum atomic E-state index is -0.629. The summed E-state index contributed by atoms with van der Waals surface area (Å²) in [6.07, 6.45) is 1.34. The molecule has 4 heteroatoms. The SMILES string of the molecule is CC(C)(C=O)CN1C(=O)CCC1=O. The Labute approximate surface area is 76.9 Å². The summed E-state index contributed by atoms with van der Waals surface area (Å²) in [6, 6.07) is 0. The molecule has 13 heavy (non-hydrogen) atoms. The molecule has 1 fully saturated rings. The van der Waals surface area contributed by atoms with Gasteiger partial charge in [0.15, 0.2) is 0 Å². The van der Waals surface area contributed by atoms with Gasteiger partial charge in [-0.1, -0.05) is 13.8 Å². The summed E-state index contributed by atoms with van der Waals surface area (Å²) in [5.41, 5.74) is -0.629. The molecule has 0 aromatic carbocycles. The lowest BCUT2D eigenvalue weighted by Crippen LogP contribution is -2.38. The van der Waals surface area contributed by atoms with Crippen molar-refractivity contribution in [2.24, 2.45) is 5.41 Å². The molecule has 1 heterocycles. The lowest BCUT2D eigenvalue weighted by Gasteiger charge is -2.23. The third-order valence-corrected chi connectivity index (χ3v) is 2.04. The van der Waals surface area contributed by atoms with Crippen LogP contribution in [0.15, 0.2) is 0 Å². The van der Waals surface area contributed by atoms with Crippen molar-refractivity contribution in [3.63, 3.8) is 0 Å². The zero-order valence-electron chi connectivity index (χ0n) is 7.87. The lowest BCUT2D eigenvalue weighted by molar-refractivity contribution is -0.140. The normalized spacial score (nSPS) is 18.2. The smallest absolute Gasteiger partial charge is 0.229 e. The molecule has 72 valence electrons. The molecular weight excluding hydrogens is 170 g/mol. The number of amides is 2. The number of rotatable bonds is 3. The summed E-state index contributed by atoms with van der Waals surface area (Å²) in [5.74, 6) is -0.333. The first-order valence-electron chi connectivity index (χ1n) is 4.26. The second-order valence-corrected chi connectivity index (χ2v) is 3.98. The number of hydrogen-bond acceptors (Lipinski definition) is 3. The third-order valence-electron chi connectivity index (χ3n) is 2.04. The first kappa shape index (κ1) is 9.89. The zero-order chi connectivity index (χ0) is 10.1. The molecule has 0 aromatic rings. The Balaban J connectivity index is 2.67. The van der Waals surface area contributed by atoms with Gasteiger partial charge >= 0.3 is 0 Å². The van der Waals surface area contributed by atoms with Gasteiger partial charge in [0.1, 0.15) is 6.29 Å². The van der Waals surface area contributed by atoms with Gasteiger partial charge in [0.25, 0.3) is 0 Å². The summed E-state index contributed by atoms with van der Waals surface area (Å²) in [5, 5.41) is 0. The molecule has 1 rings (SSSR count). The predicted octanol–water partition coefficient (Wildman–Crippen LogP) is 0.361. The molecule has 4 nitrogen and oxygen atoms in total. The number of imide groups is 1. The largest absolute Gasteiger partial charge is 0.303 e. The van der Waals surface area contributed by atoms with Crippen LogP contribution < -0.4 is 0 Å². The molecule has 0 atom stereocenters. The minimum absolute atomic E-state index is 0.167. The summed E-state index contributed by atoms with van der Waals surface area (Å²) < 4.78 is 0. The van der Waals surface area contributed by atoms with E-state index < -0.39 is 5.41 Å². The fraction of sp³-hybridized carbons (Fsp3) is 0.667. The van der Waals surface area contributed by atoms with Gasteiger partial charge in [0.05, 0.1) is 0 Å². The molecule has 0 bridgehead atoms. The van der Waals surface area contributed by atoms with E-state index in [-0.39, 0.29) is 31.2 Å². The minimum Gasteiger partial charge on any atom is -0.303 e. The van der Waals surface area contributed by atoms with Crippen molar-refractivity contribution in [1.29, 1.82) is 0 Å². The van der Waals surface area contributed by atoms with Crippen LogP contribution in [-0.4, -0.2) is 29.5 Å². The van der Waals surface area contributed by atoms with Crippen LogP contribution in [0.25, 0.3) is 0 Å². The van der Waals surface area contributed by atoms with E-state index in [1.165, 1.54) is 4.90 Å². The Morgan fingerprint density at radius 2 is 1.77 bits per heavy atom. The molecule has 1 aliphatic rings. The number of nitrogens with zero attached hydrogens (tertiary/aromatic N) is 1. The third kappa shape index (κ3) is 2.14. The molecule has 0 aliphatic carbocycles. The molecule has 0 radical (unpaired) electrons. The number of aldehydes is 1. The van der Waals surface area contributed by atoms with Crippen LogP contribution in [0.1, 0.15) is 26.7 Å². The Hall–Kier alpha value is -1.19. The van der Waals surface area contributed by atoms with E-state index in [4.69, 9.17) is 0 Å². The van der Waals surface area contributed by atoms with E-state index in [1.807, 2.05) is 0 Å². The average molecular weight is 183 g/mol. The maximum atomic E-state index is 11.2. The predicted molar refractivity (Wildman–Crippen MR) is 45.8 cm³/mol. The van der Waals surface area contributed by atoms with Gasteiger partial charge in [0, 0.05) is 24.8 Å². The van der Waals surface area contributed by atoms with Gasteiger partial charge in [-0.25, -0.2) is 0 Å². The van der Waals surface area contributed by atoms with Gasteiger partial charge in [-0.3, -0.25) is 14.5 Å². The second kappa shape index (κ2) is 3.28. The molecule has 0 spiro atoms. The highest BCUT2D eigenvalue weighted by molar-refractivity contribution is 6.02. The first-order valence-corrected chi connectivity index (χ1v) is 4.26. The Bertz CT molecular complexity index is 242. The van der Waals surface area contributed by atoms with Gasteiger partial charge in [-0.05, 0) is 0 Å². The van der Waals surface area contributed by atoms with Crippen LogP contribution in [-0.2, 0) is 14.4 Å². The zero-order valence-corrected chi connectivity index (χ0v) is 7.87. The summed E-state index contributed by atoms with van der Waals surface area (Å²) in [4.78, 5) is 34.1. The van der Waals surface area contributed by atoms with E-state index in [1.54, 1.807) is 13.8 Å². The Morgan fingerprint density at radius 3 is 2.15 bits per heavy atom. The summed E-state index contributed by atoms with van der Waals surface area (Å²) in [7, 11) is 0. The number of likely N-dealkylation sites (tertiary alicyclic amines) is 1. The topological polar surface area (TPSA) is 54.5 Å². The van der Waals surface area contributed by atoms with Crippen LogP contribution in [0.4, 0.5) is 0 Å². The highest BCUT2D eigenvalue weighted by Gasteiger charge is 2.33. The van der Waals surface area contributed by atoms with Crippen molar-refractivity contribution >= 4 is 18.1 Å². The van der Waals surface area contributed by atoms with Crippen LogP contribution in [0.5, 0.6) is 0 Å². The van der Waals surface area contributed by atoms with Crippen molar-refractivity contribution in [2.75, 3.05) is 6.54 Å². The van der Waals surface area contributed by atoms with E-state index in [9.17, 15) is 14.4 Å². The average Bonchev–Trinajstić information content (AvgIpc) is 2.36. The van der Waals surface area contributed by atoms with Gasteiger partial charge < -0.3 is 4.79 Å². The van der Waals surface area contributed by atoms with Crippen LogP contribution in [0, 0.1) is 5.41 Å². The fourth-order valence-electron chi connectivity index (χ4n) is 1.24. The molecule has 0 saturated carbocycles. The van der Waals surface area contributed by atoms with Crippen molar-refractivity contribution in [3.05, 3.63) is 0 Å². The maximum Gasteiger partial charge on any atom is 0.229 e. The Kier molecular flexibility index (Phi) is 2.50. The maximum absolute atomic E-state index is 11.2. The summed E-state index contributed by atoms with van der Waals surface area (Å²) >= 11 is 0. The number of carbonyl (C=O) groups is 3. The van der Waals surface area contributed by atoms with E-state index in [0.29, 0.717) is 0 Å². The van der Waals surface area contributed by atoms with Crippen molar-refractivity contribution < 1.29 is 14.4 Å². The molecule has 0 unspecified atom stereocenters. The highest BCUT2D eigenvalue weighted by atomic mass is 16.2. The monoisotopic (exact) mass is 183 g/mol. The molecule has 0 aromatic heterocycles. The molecule has 1 saturated heterocycles. The van der Waals surface area contributed by atoms with Crippen molar-refractivity contribution in [3.8, 4) is 0 Å². The Morgan fingerprint density at radius 1 is 1.31 bits per heavy atom. The van der Waals surface area contributed by atoms with Gasteiger partial charge in [-0.15, -0.1) is 0 Å². The fourth-order valence-corrected chi connectivity index (χ4v) is 1.24. The number of carbonyl (C=O) groups excluding carboxylic acids is 3. The molecule has 2 amide bonds. The highest BCUT2D eigenvalue weighted by Crippen LogP contribution is 2.19. The van der Waals surface area contributed by atoms with Crippen LogP contribution in [0.2, 0.25) is 0 Å². The first-order chi connectivity index (χ1) is 5.96. The van der Waals surface area contributed by atoms with Crippen LogP contribution in [0.3, 0.4) is 0 Å². The van der Waals surface area contributed by atoms with Crippen molar-refractivity contribution in [1.82, 2.24) is 4.90 Å². The second-order valence-electron chi connectivity index (χ2n) is 3.98. The van der Waals surface area contributed by atoms with Crippen molar-refractivity contribution in [2.45, 2.75) is 26.7 Å². The summed E-state index contributed by atoms with van der Waals surface area (Å²) in [6.45, 7) is 3.62. The van der Waals surface area contributed by atoms with E-state index in [2.05, 4.69) is 0 Å². The lowest BCUT2D eigenvalue weighted by atomic mass is 9.95. The number of hydrogen-bond donors (Lipinski definition) is 0. The molecular formula is C9H13NO3. The molecule has 1 aliphatic heterocycles. The van der Waals surface area contributed by atoms with E-state index in [0.717, 1.165) is 6.29 Å².